The summed E-state index contributed by atoms with van der Waals surface area (Å²) >= 11 is 0. The van der Waals surface area contributed by atoms with Gasteiger partial charge in [0.2, 0.25) is 5.95 Å². The molecule has 3 rings (SSSR count). The van der Waals surface area contributed by atoms with Crippen molar-refractivity contribution in [2.45, 2.75) is 26.4 Å². The van der Waals surface area contributed by atoms with Crippen LogP contribution in [0.1, 0.15) is 29.8 Å². The molecule has 6 nitrogen and oxygen atoms in total. The van der Waals surface area contributed by atoms with E-state index >= 15 is 0 Å². The number of para-hydroxylation sites is 2. The average Bonchev–Trinajstić information content (AvgIpc) is 2.70. The third-order valence-electron chi connectivity index (χ3n) is 3.95. The summed E-state index contributed by atoms with van der Waals surface area (Å²) in [6.45, 7) is 4.50. The molecule has 0 atom stereocenters. The Morgan fingerprint density at radius 3 is 2.39 bits per heavy atom. The maximum atomic E-state index is 12.2. The van der Waals surface area contributed by atoms with Crippen LogP contribution in [0, 0.1) is 0 Å². The largest absolute Gasteiger partial charge is 0.489 e. The van der Waals surface area contributed by atoms with Gasteiger partial charge >= 0.3 is 0 Å². The minimum absolute atomic E-state index is 0.0610. The van der Waals surface area contributed by atoms with Gasteiger partial charge in [-0.15, -0.1) is 0 Å². The van der Waals surface area contributed by atoms with Gasteiger partial charge in [0.25, 0.3) is 5.91 Å². The Kier molecular flexibility index (Phi) is 6.57. The molecule has 0 spiro atoms. The van der Waals surface area contributed by atoms with Gasteiger partial charge in [-0.25, -0.2) is 9.97 Å². The van der Waals surface area contributed by atoms with Gasteiger partial charge in [0.1, 0.15) is 5.75 Å². The van der Waals surface area contributed by atoms with Crippen LogP contribution in [-0.4, -0.2) is 28.5 Å². The summed E-state index contributed by atoms with van der Waals surface area (Å²) in [4.78, 5) is 20.7. The number of rotatable bonds is 8. The second-order valence-corrected chi connectivity index (χ2v) is 6.57. The van der Waals surface area contributed by atoms with Crippen LogP contribution in [0.5, 0.6) is 5.75 Å². The number of ether oxygens (including phenoxy) is 1. The Bertz CT molecular complexity index is 896. The lowest BCUT2D eigenvalue weighted by Gasteiger charge is -2.14. The van der Waals surface area contributed by atoms with Crippen molar-refractivity contribution in [1.29, 1.82) is 0 Å². The first-order valence-corrected chi connectivity index (χ1v) is 9.28. The Labute approximate surface area is 165 Å². The minimum Gasteiger partial charge on any atom is -0.489 e. The van der Waals surface area contributed by atoms with E-state index in [1.54, 1.807) is 0 Å². The molecule has 1 amide bonds. The van der Waals surface area contributed by atoms with Crippen LogP contribution in [0.2, 0.25) is 0 Å². The van der Waals surface area contributed by atoms with Crippen LogP contribution in [0.4, 0.5) is 11.6 Å². The fourth-order valence-electron chi connectivity index (χ4n) is 2.62. The van der Waals surface area contributed by atoms with Gasteiger partial charge < -0.3 is 15.4 Å². The molecule has 2 N–H and O–H groups in total. The molecule has 28 heavy (non-hydrogen) atoms. The second-order valence-electron chi connectivity index (χ2n) is 6.57. The molecule has 0 aliphatic carbocycles. The van der Waals surface area contributed by atoms with Gasteiger partial charge in [-0.1, -0.05) is 42.5 Å². The average molecular weight is 376 g/mol. The van der Waals surface area contributed by atoms with E-state index in [4.69, 9.17) is 4.74 Å². The normalized spacial score (nSPS) is 10.5. The lowest BCUT2D eigenvalue weighted by molar-refractivity contribution is 0.0953. The van der Waals surface area contributed by atoms with E-state index in [2.05, 4.69) is 20.6 Å². The SMILES string of the molecule is CC(C)Oc1ccccc1Nc1ncc(C(=O)NCCc2ccccc2)cn1. The van der Waals surface area contributed by atoms with E-state index in [1.165, 1.54) is 18.0 Å². The summed E-state index contributed by atoms with van der Waals surface area (Å²) < 4.78 is 5.78. The molecule has 0 aliphatic rings. The van der Waals surface area contributed by atoms with Crippen molar-refractivity contribution in [3.05, 3.63) is 78.1 Å². The predicted octanol–water partition coefficient (Wildman–Crippen LogP) is 3.98. The number of carbonyl (C=O) groups excluding carboxylic acids is 1. The van der Waals surface area contributed by atoms with E-state index in [0.717, 1.165) is 17.9 Å². The van der Waals surface area contributed by atoms with Crippen molar-refractivity contribution in [3.63, 3.8) is 0 Å². The third kappa shape index (κ3) is 5.54. The summed E-state index contributed by atoms with van der Waals surface area (Å²) in [7, 11) is 0. The summed E-state index contributed by atoms with van der Waals surface area (Å²) in [6, 6.07) is 17.6. The Balaban J connectivity index is 1.57. The molecule has 2 aromatic carbocycles. The van der Waals surface area contributed by atoms with E-state index < -0.39 is 0 Å². The van der Waals surface area contributed by atoms with Crippen LogP contribution in [0.3, 0.4) is 0 Å². The Morgan fingerprint density at radius 2 is 1.68 bits per heavy atom. The van der Waals surface area contributed by atoms with Crippen molar-refractivity contribution in [3.8, 4) is 5.75 Å². The molecule has 1 aromatic heterocycles. The quantitative estimate of drug-likeness (QED) is 0.622. The Morgan fingerprint density at radius 1 is 1.00 bits per heavy atom. The molecule has 0 aliphatic heterocycles. The summed E-state index contributed by atoms with van der Waals surface area (Å²) in [6.07, 6.45) is 3.86. The van der Waals surface area contributed by atoms with Crippen molar-refractivity contribution in [1.82, 2.24) is 15.3 Å². The van der Waals surface area contributed by atoms with Crippen LogP contribution >= 0.6 is 0 Å². The van der Waals surface area contributed by atoms with Gasteiger partial charge in [0.15, 0.2) is 0 Å². The molecule has 0 bridgehead atoms. The number of carbonyl (C=O) groups is 1. The second kappa shape index (κ2) is 9.50. The maximum absolute atomic E-state index is 12.2. The molecule has 3 aromatic rings. The predicted molar refractivity (Wildman–Crippen MR) is 110 cm³/mol. The summed E-state index contributed by atoms with van der Waals surface area (Å²) in [5.74, 6) is 0.940. The molecule has 0 saturated heterocycles. The number of nitrogens with one attached hydrogen (secondary N) is 2. The monoisotopic (exact) mass is 376 g/mol. The fraction of sp³-hybridized carbons (Fsp3) is 0.227. The molecule has 0 fully saturated rings. The van der Waals surface area contributed by atoms with Gasteiger partial charge in [-0.3, -0.25) is 4.79 Å². The molecule has 144 valence electrons. The van der Waals surface area contributed by atoms with Crippen LogP contribution in [0.15, 0.2) is 67.0 Å². The van der Waals surface area contributed by atoms with Crippen molar-refractivity contribution in [2.24, 2.45) is 0 Å². The fourth-order valence-corrected chi connectivity index (χ4v) is 2.62. The lowest BCUT2D eigenvalue weighted by atomic mass is 10.1. The standard InChI is InChI=1S/C22H24N4O2/c1-16(2)28-20-11-7-6-10-19(20)26-22-24-14-18(15-25-22)21(27)23-13-12-17-8-4-3-5-9-17/h3-11,14-16H,12-13H2,1-2H3,(H,23,27)(H,24,25,26). The highest BCUT2D eigenvalue weighted by atomic mass is 16.5. The van der Waals surface area contributed by atoms with Crippen LogP contribution in [0.25, 0.3) is 0 Å². The zero-order valence-corrected chi connectivity index (χ0v) is 16.1. The van der Waals surface area contributed by atoms with Gasteiger partial charge in [0.05, 0.1) is 17.4 Å². The van der Waals surface area contributed by atoms with E-state index in [0.29, 0.717) is 18.1 Å². The van der Waals surface area contributed by atoms with Crippen LogP contribution < -0.4 is 15.4 Å². The Hall–Kier alpha value is -3.41. The molecule has 6 heteroatoms. The first-order valence-electron chi connectivity index (χ1n) is 9.28. The van der Waals surface area contributed by atoms with Crippen LogP contribution in [-0.2, 0) is 6.42 Å². The van der Waals surface area contributed by atoms with Gasteiger partial charge in [-0.2, -0.15) is 0 Å². The number of amides is 1. The number of nitrogens with zero attached hydrogens (tertiary/aromatic N) is 2. The van der Waals surface area contributed by atoms with Crippen molar-refractivity contribution in [2.75, 3.05) is 11.9 Å². The molecule has 0 radical (unpaired) electrons. The summed E-state index contributed by atoms with van der Waals surface area (Å²) in [5.41, 5.74) is 2.38. The number of benzene rings is 2. The topological polar surface area (TPSA) is 76.1 Å². The maximum Gasteiger partial charge on any atom is 0.254 e. The number of hydrogen-bond donors (Lipinski definition) is 2. The minimum atomic E-state index is -0.189. The van der Waals surface area contributed by atoms with E-state index in [1.807, 2.05) is 68.4 Å². The first-order chi connectivity index (χ1) is 13.6. The zero-order valence-electron chi connectivity index (χ0n) is 16.1. The summed E-state index contributed by atoms with van der Waals surface area (Å²) in [5, 5.41) is 6.02. The smallest absolute Gasteiger partial charge is 0.254 e. The van der Waals surface area contributed by atoms with E-state index in [-0.39, 0.29) is 12.0 Å². The number of hydrogen-bond acceptors (Lipinski definition) is 5. The van der Waals surface area contributed by atoms with Gasteiger partial charge in [0, 0.05) is 18.9 Å². The van der Waals surface area contributed by atoms with Crippen molar-refractivity contribution >= 4 is 17.5 Å². The highest BCUT2D eigenvalue weighted by Gasteiger charge is 2.09. The molecule has 0 saturated carbocycles. The van der Waals surface area contributed by atoms with Crippen molar-refractivity contribution < 1.29 is 9.53 Å². The number of anilines is 2. The zero-order chi connectivity index (χ0) is 19.8. The molecule has 0 unspecified atom stereocenters. The first kappa shape index (κ1) is 19.4. The number of aromatic nitrogens is 2. The molecular weight excluding hydrogens is 352 g/mol. The highest BCUT2D eigenvalue weighted by Crippen LogP contribution is 2.26. The lowest BCUT2D eigenvalue weighted by Crippen LogP contribution is -2.26. The highest BCUT2D eigenvalue weighted by molar-refractivity contribution is 5.93. The van der Waals surface area contributed by atoms with E-state index in [9.17, 15) is 4.79 Å². The molecular formula is C22H24N4O2. The third-order valence-corrected chi connectivity index (χ3v) is 3.95. The van der Waals surface area contributed by atoms with Gasteiger partial charge in [-0.05, 0) is 38.0 Å². The molecule has 1 heterocycles.